The normalized spacial score (nSPS) is 29.1. The van der Waals surface area contributed by atoms with Crippen molar-refractivity contribution in [1.29, 1.82) is 0 Å². The van der Waals surface area contributed by atoms with Gasteiger partial charge in [0.15, 0.2) is 0 Å². The molecule has 0 fully saturated rings. The van der Waals surface area contributed by atoms with Crippen molar-refractivity contribution in [2.24, 2.45) is 17.8 Å². The fourth-order valence-corrected chi connectivity index (χ4v) is 2.76. The molecule has 0 N–H and O–H groups in total. The maximum absolute atomic E-state index is 2.50. The van der Waals surface area contributed by atoms with Gasteiger partial charge >= 0.3 is 0 Å². The van der Waals surface area contributed by atoms with E-state index in [9.17, 15) is 0 Å². The van der Waals surface area contributed by atoms with E-state index in [1.54, 1.807) is 0 Å². The number of hydrogen-bond donors (Lipinski definition) is 0. The van der Waals surface area contributed by atoms with Crippen molar-refractivity contribution in [1.82, 2.24) is 0 Å². The fourth-order valence-electron chi connectivity index (χ4n) is 2.76. The average Bonchev–Trinajstić information content (AvgIpc) is 2.25. The Labute approximate surface area is 89.8 Å². The Morgan fingerprint density at radius 3 is 2.79 bits per heavy atom. The number of rotatable bonds is 5. The maximum Gasteiger partial charge on any atom is -0.0179 e. The van der Waals surface area contributed by atoms with Crippen LogP contribution in [-0.4, -0.2) is 0 Å². The van der Waals surface area contributed by atoms with Gasteiger partial charge in [0.1, 0.15) is 0 Å². The van der Waals surface area contributed by atoms with Gasteiger partial charge in [0.25, 0.3) is 0 Å². The van der Waals surface area contributed by atoms with Gasteiger partial charge < -0.3 is 0 Å². The minimum absolute atomic E-state index is 0.875. The molecule has 0 aromatic heterocycles. The summed E-state index contributed by atoms with van der Waals surface area (Å²) in [6.07, 6.45) is 13.2. The van der Waals surface area contributed by atoms with Crippen molar-refractivity contribution < 1.29 is 0 Å². The van der Waals surface area contributed by atoms with Gasteiger partial charge in [0, 0.05) is 0 Å². The first-order valence-electron chi connectivity index (χ1n) is 6.46. The highest BCUT2D eigenvalue weighted by atomic mass is 14.3. The smallest absolute Gasteiger partial charge is 0.0179 e. The summed E-state index contributed by atoms with van der Waals surface area (Å²) < 4.78 is 0. The van der Waals surface area contributed by atoms with Crippen LogP contribution in [0.5, 0.6) is 0 Å². The van der Waals surface area contributed by atoms with Crippen LogP contribution in [0.4, 0.5) is 0 Å². The zero-order valence-electron chi connectivity index (χ0n) is 10.1. The van der Waals surface area contributed by atoms with E-state index in [4.69, 9.17) is 0 Å². The van der Waals surface area contributed by atoms with Crippen LogP contribution in [-0.2, 0) is 0 Å². The molecule has 0 aromatic carbocycles. The number of allylic oxidation sites excluding steroid dienone is 2. The fraction of sp³-hybridized carbons (Fsp3) is 0.857. The Bertz CT molecular complexity index is 169. The van der Waals surface area contributed by atoms with Crippen LogP contribution in [0.25, 0.3) is 0 Å². The Hall–Kier alpha value is -0.260. The first kappa shape index (κ1) is 11.8. The Balaban J connectivity index is 2.45. The van der Waals surface area contributed by atoms with Crippen LogP contribution in [0.3, 0.4) is 0 Å². The third-order valence-electron chi connectivity index (χ3n) is 3.80. The van der Waals surface area contributed by atoms with Crippen LogP contribution in [0.15, 0.2) is 12.2 Å². The third-order valence-corrected chi connectivity index (χ3v) is 3.80. The summed E-state index contributed by atoms with van der Waals surface area (Å²) in [7, 11) is 0. The number of unbranched alkanes of at least 4 members (excludes halogenated alkanes) is 1. The van der Waals surface area contributed by atoms with Crippen molar-refractivity contribution >= 4 is 0 Å². The molecule has 0 aromatic rings. The Morgan fingerprint density at radius 1 is 1.36 bits per heavy atom. The van der Waals surface area contributed by atoms with Crippen LogP contribution < -0.4 is 0 Å². The average molecular weight is 194 g/mol. The second-order valence-electron chi connectivity index (χ2n) is 4.87. The summed E-state index contributed by atoms with van der Waals surface area (Å²) in [5.41, 5.74) is 0. The maximum atomic E-state index is 2.50. The highest BCUT2D eigenvalue weighted by Gasteiger charge is 2.24. The topological polar surface area (TPSA) is 0 Å². The molecular formula is C14H26. The lowest BCUT2D eigenvalue weighted by Gasteiger charge is -2.31. The minimum Gasteiger partial charge on any atom is -0.0882 e. The van der Waals surface area contributed by atoms with E-state index in [-0.39, 0.29) is 0 Å². The third kappa shape index (κ3) is 3.15. The van der Waals surface area contributed by atoms with Crippen LogP contribution >= 0.6 is 0 Å². The molecule has 1 rings (SSSR count). The molecule has 1 aliphatic carbocycles. The van der Waals surface area contributed by atoms with Gasteiger partial charge in [-0.25, -0.2) is 0 Å². The van der Waals surface area contributed by atoms with Crippen LogP contribution in [0.2, 0.25) is 0 Å². The molecule has 0 aliphatic heterocycles. The summed E-state index contributed by atoms with van der Waals surface area (Å²) >= 11 is 0. The van der Waals surface area contributed by atoms with Crippen molar-refractivity contribution in [2.75, 3.05) is 0 Å². The van der Waals surface area contributed by atoms with E-state index in [0.717, 1.165) is 17.8 Å². The van der Waals surface area contributed by atoms with Gasteiger partial charge in [0.05, 0.1) is 0 Å². The van der Waals surface area contributed by atoms with E-state index >= 15 is 0 Å². The van der Waals surface area contributed by atoms with Crippen molar-refractivity contribution in [2.45, 2.75) is 59.3 Å². The molecule has 0 amide bonds. The van der Waals surface area contributed by atoms with Crippen LogP contribution in [0, 0.1) is 17.8 Å². The lowest BCUT2D eigenvalue weighted by molar-refractivity contribution is 0.249. The summed E-state index contributed by atoms with van der Waals surface area (Å²) in [6.45, 7) is 7.09. The molecule has 0 radical (unpaired) electrons. The lowest BCUT2D eigenvalue weighted by Crippen LogP contribution is -2.22. The molecule has 0 saturated carbocycles. The van der Waals surface area contributed by atoms with Crippen molar-refractivity contribution in [3.63, 3.8) is 0 Å². The Morgan fingerprint density at radius 2 is 2.14 bits per heavy atom. The Kier molecular flexibility index (Phi) is 5.29. The molecule has 0 spiro atoms. The summed E-state index contributed by atoms with van der Waals surface area (Å²) in [4.78, 5) is 0. The molecule has 0 saturated heterocycles. The summed E-state index contributed by atoms with van der Waals surface area (Å²) in [6, 6.07) is 0. The molecule has 14 heavy (non-hydrogen) atoms. The minimum atomic E-state index is 0.875. The quantitative estimate of drug-likeness (QED) is 0.551. The van der Waals surface area contributed by atoms with Gasteiger partial charge in [-0.15, -0.1) is 0 Å². The lowest BCUT2D eigenvalue weighted by atomic mass is 9.74. The molecule has 3 unspecified atom stereocenters. The summed E-state index contributed by atoms with van der Waals surface area (Å²) in [5, 5.41) is 0. The molecule has 82 valence electrons. The van der Waals surface area contributed by atoms with Gasteiger partial charge in [0.2, 0.25) is 0 Å². The molecule has 3 atom stereocenters. The predicted octanol–water partition coefficient (Wildman–Crippen LogP) is 4.81. The zero-order valence-corrected chi connectivity index (χ0v) is 10.1. The van der Waals surface area contributed by atoms with Crippen molar-refractivity contribution in [3.05, 3.63) is 12.2 Å². The molecular weight excluding hydrogens is 168 g/mol. The zero-order chi connectivity index (χ0) is 10.4. The first-order chi connectivity index (χ1) is 6.79. The molecule has 0 bridgehead atoms. The van der Waals surface area contributed by atoms with E-state index in [0.29, 0.717) is 0 Å². The molecule has 0 heteroatoms. The van der Waals surface area contributed by atoms with Gasteiger partial charge in [-0.1, -0.05) is 58.6 Å². The SMILES string of the molecule is CCCCC(C)C1C=CCCC1CC. The highest BCUT2D eigenvalue weighted by molar-refractivity contribution is 4.98. The molecule has 0 nitrogen and oxygen atoms in total. The second-order valence-corrected chi connectivity index (χ2v) is 4.87. The highest BCUT2D eigenvalue weighted by Crippen LogP contribution is 2.34. The predicted molar refractivity (Wildman–Crippen MR) is 64.3 cm³/mol. The number of hydrogen-bond acceptors (Lipinski definition) is 0. The van der Waals surface area contributed by atoms with Gasteiger partial charge in [-0.2, -0.15) is 0 Å². The van der Waals surface area contributed by atoms with Gasteiger partial charge in [-0.05, 0) is 30.6 Å². The van der Waals surface area contributed by atoms with Gasteiger partial charge in [-0.3, -0.25) is 0 Å². The second kappa shape index (κ2) is 6.27. The monoisotopic (exact) mass is 194 g/mol. The molecule has 1 aliphatic rings. The van der Waals surface area contributed by atoms with Crippen LogP contribution in [0.1, 0.15) is 59.3 Å². The van der Waals surface area contributed by atoms with E-state index in [2.05, 4.69) is 32.9 Å². The summed E-state index contributed by atoms with van der Waals surface area (Å²) in [5.74, 6) is 2.74. The molecule has 0 heterocycles. The van der Waals surface area contributed by atoms with E-state index in [1.807, 2.05) is 0 Å². The van der Waals surface area contributed by atoms with E-state index < -0.39 is 0 Å². The van der Waals surface area contributed by atoms with Crippen molar-refractivity contribution in [3.8, 4) is 0 Å². The van der Waals surface area contributed by atoms with E-state index in [1.165, 1.54) is 38.5 Å². The largest absolute Gasteiger partial charge is 0.0882 e. The first-order valence-corrected chi connectivity index (χ1v) is 6.46. The standard InChI is InChI=1S/C14H26/c1-4-6-9-12(3)14-11-8-7-10-13(14)5-2/h8,11-14H,4-7,9-10H2,1-3H3.